The molecule has 9 heteroatoms. The van der Waals surface area contributed by atoms with Crippen molar-refractivity contribution in [2.24, 2.45) is 5.73 Å². The van der Waals surface area contributed by atoms with Crippen LogP contribution in [0.4, 0.5) is 14.5 Å². The Hall–Kier alpha value is -4.11. The average Bonchev–Trinajstić information content (AvgIpc) is 3.46. The number of imidazole rings is 1. The Morgan fingerprint density at radius 3 is 2.82 bits per heavy atom. The Morgan fingerprint density at radius 2 is 1.97 bits per heavy atom. The summed E-state index contributed by atoms with van der Waals surface area (Å²) in [7, 11) is 0. The topological polar surface area (TPSA) is 90.8 Å². The zero-order valence-corrected chi connectivity index (χ0v) is 18.0. The lowest BCUT2D eigenvalue weighted by Crippen LogP contribution is -2.17. The number of benzene rings is 2. The van der Waals surface area contributed by atoms with Gasteiger partial charge in [0.05, 0.1) is 17.9 Å². The summed E-state index contributed by atoms with van der Waals surface area (Å²) in [6, 6.07) is 13.8. The van der Waals surface area contributed by atoms with Crippen LogP contribution in [0.5, 0.6) is 0 Å². The van der Waals surface area contributed by atoms with E-state index in [9.17, 15) is 13.6 Å². The van der Waals surface area contributed by atoms with Gasteiger partial charge < -0.3 is 20.2 Å². The fraction of sp³-hybridized carbons (Fsp3) is 0.160. The third-order valence-electron chi connectivity index (χ3n) is 6.19. The smallest absolute Gasteiger partial charge is 0.272 e. The van der Waals surface area contributed by atoms with Gasteiger partial charge in [0.2, 0.25) is 0 Å². The first kappa shape index (κ1) is 20.5. The van der Waals surface area contributed by atoms with E-state index in [-0.39, 0.29) is 18.4 Å². The number of amides is 1. The molecule has 0 saturated carbocycles. The highest BCUT2D eigenvalue weighted by Crippen LogP contribution is 2.29. The molecule has 0 spiro atoms. The molecule has 0 saturated heterocycles. The van der Waals surface area contributed by atoms with Crippen LogP contribution in [0.2, 0.25) is 0 Å². The van der Waals surface area contributed by atoms with Crippen molar-refractivity contribution in [1.82, 2.24) is 19.1 Å². The standard InChI is InChI=1S/C25H20F2N6O/c26-16-3-1-2-14(8-16)13-33-21-5-4-17(27)9-15(21)10-22(33)25(34)30-18-11-20-24(29-12-18)32-7-6-19(28)23(32)31-20/h1-5,8-12,19H,6-7,13,28H2,(H,30,34). The number of nitrogens with two attached hydrogens (primary N) is 1. The number of fused-ring (bicyclic) bond motifs is 4. The monoisotopic (exact) mass is 458 g/mol. The quantitative estimate of drug-likeness (QED) is 0.419. The van der Waals surface area contributed by atoms with Crippen molar-refractivity contribution in [2.75, 3.05) is 5.32 Å². The molecule has 1 aliphatic heterocycles. The van der Waals surface area contributed by atoms with Gasteiger partial charge in [0.1, 0.15) is 28.7 Å². The van der Waals surface area contributed by atoms with Crippen LogP contribution >= 0.6 is 0 Å². The zero-order chi connectivity index (χ0) is 23.4. The Kier molecular flexibility index (Phi) is 4.66. The van der Waals surface area contributed by atoms with E-state index in [0.29, 0.717) is 33.4 Å². The van der Waals surface area contributed by atoms with Crippen LogP contribution in [0.25, 0.3) is 22.1 Å². The van der Waals surface area contributed by atoms with Crippen molar-refractivity contribution in [3.63, 3.8) is 0 Å². The minimum Gasteiger partial charge on any atom is -0.332 e. The van der Waals surface area contributed by atoms with E-state index in [0.717, 1.165) is 24.4 Å². The number of pyridine rings is 1. The number of rotatable bonds is 4. The summed E-state index contributed by atoms with van der Waals surface area (Å²) < 4.78 is 31.4. The first-order chi connectivity index (χ1) is 16.5. The van der Waals surface area contributed by atoms with Gasteiger partial charge in [-0.2, -0.15) is 0 Å². The van der Waals surface area contributed by atoms with Gasteiger partial charge >= 0.3 is 0 Å². The van der Waals surface area contributed by atoms with E-state index in [1.54, 1.807) is 41.1 Å². The van der Waals surface area contributed by atoms with Crippen LogP contribution < -0.4 is 11.1 Å². The largest absolute Gasteiger partial charge is 0.332 e. The highest BCUT2D eigenvalue weighted by Gasteiger charge is 2.24. The molecule has 0 fully saturated rings. The third kappa shape index (κ3) is 3.41. The summed E-state index contributed by atoms with van der Waals surface area (Å²) in [5.41, 5.74) is 9.65. The van der Waals surface area contributed by atoms with E-state index in [1.807, 2.05) is 4.57 Å². The van der Waals surface area contributed by atoms with Crippen LogP contribution in [0, 0.1) is 11.6 Å². The Bertz CT molecular complexity index is 1590. The summed E-state index contributed by atoms with van der Waals surface area (Å²) in [5.74, 6) is -0.360. The highest BCUT2D eigenvalue weighted by atomic mass is 19.1. The van der Waals surface area contributed by atoms with Crippen molar-refractivity contribution >= 4 is 33.7 Å². The van der Waals surface area contributed by atoms with Gasteiger partial charge in [-0.15, -0.1) is 0 Å². The molecule has 170 valence electrons. The SMILES string of the molecule is NC1CCn2c1nc1cc(NC(=O)c3cc4cc(F)ccc4n3Cc3cccc(F)c3)cnc12. The number of hydrogen-bond acceptors (Lipinski definition) is 4. The Balaban J connectivity index is 1.37. The van der Waals surface area contributed by atoms with Gasteiger partial charge in [0, 0.05) is 24.0 Å². The van der Waals surface area contributed by atoms with Gasteiger partial charge in [0.25, 0.3) is 5.91 Å². The number of carbonyl (C=O) groups is 1. The molecule has 7 nitrogen and oxygen atoms in total. The first-order valence-electron chi connectivity index (χ1n) is 10.9. The summed E-state index contributed by atoms with van der Waals surface area (Å²) in [4.78, 5) is 22.4. The molecular weight excluding hydrogens is 438 g/mol. The molecule has 1 unspecified atom stereocenters. The van der Waals surface area contributed by atoms with E-state index in [1.165, 1.54) is 24.3 Å². The van der Waals surface area contributed by atoms with Crippen LogP contribution in [-0.2, 0) is 13.1 Å². The fourth-order valence-corrected chi connectivity index (χ4v) is 4.61. The first-order valence-corrected chi connectivity index (χ1v) is 10.9. The minimum absolute atomic E-state index is 0.119. The molecule has 1 aliphatic rings. The van der Waals surface area contributed by atoms with Gasteiger partial charge in [-0.3, -0.25) is 4.79 Å². The molecule has 3 aromatic heterocycles. The summed E-state index contributed by atoms with van der Waals surface area (Å²) >= 11 is 0. The van der Waals surface area contributed by atoms with Gasteiger partial charge in [0.15, 0.2) is 5.65 Å². The Labute approximate surface area is 192 Å². The van der Waals surface area contributed by atoms with E-state index >= 15 is 0 Å². The molecule has 4 heterocycles. The molecular formula is C25H20F2N6O. The van der Waals surface area contributed by atoms with Gasteiger partial charge in [-0.1, -0.05) is 12.1 Å². The maximum atomic E-state index is 13.9. The van der Waals surface area contributed by atoms with Gasteiger partial charge in [-0.25, -0.2) is 18.7 Å². The summed E-state index contributed by atoms with van der Waals surface area (Å²) in [6.07, 6.45) is 2.41. The van der Waals surface area contributed by atoms with E-state index in [2.05, 4.69) is 15.3 Å². The number of aromatic nitrogens is 4. The fourth-order valence-electron chi connectivity index (χ4n) is 4.61. The lowest BCUT2D eigenvalue weighted by Gasteiger charge is -2.12. The molecule has 34 heavy (non-hydrogen) atoms. The number of halogens is 2. The van der Waals surface area contributed by atoms with Crippen LogP contribution in [-0.4, -0.2) is 25.0 Å². The predicted octanol–water partition coefficient (Wildman–Crippen LogP) is 4.37. The predicted molar refractivity (Wildman–Crippen MR) is 124 cm³/mol. The highest BCUT2D eigenvalue weighted by molar-refractivity contribution is 6.06. The number of hydrogen-bond donors (Lipinski definition) is 2. The zero-order valence-electron chi connectivity index (χ0n) is 18.0. The minimum atomic E-state index is -0.400. The number of carbonyl (C=O) groups excluding carboxylic acids is 1. The van der Waals surface area contributed by atoms with E-state index < -0.39 is 11.7 Å². The molecule has 0 aliphatic carbocycles. The van der Waals surface area contributed by atoms with Crippen LogP contribution in [0.15, 0.2) is 60.8 Å². The number of nitrogens with zero attached hydrogens (tertiary/aromatic N) is 4. The molecule has 0 bridgehead atoms. The third-order valence-corrected chi connectivity index (χ3v) is 6.19. The van der Waals surface area contributed by atoms with Gasteiger partial charge in [-0.05, 0) is 54.4 Å². The molecule has 6 rings (SSSR count). The second kappa shape index (κ2) is 7.74. The molecule has 0 radical (unpaired) electrons. The number of anilines is 1. The number of nitrogens with one attached hydrogen (secondary N) is 1. The van der Waals surface area contributed by atoms with Crippen molar-refractivity contribution in [3.05, 3.63) is 89.5 Å². The van der Waals surface area contributed by atoms with Crippen molar-refractivity contribution < 1.29 is 13.6 Å². The maximum Gasteiger partial charge on any atom is 0.272 e. The second-order valence-electron chi connectivity index (χ2n) is 8.49. The maximum absolute atomic E-state index is 13.9. The number of aryl methyl sites for hydroxylation is 1. The van der Waals surface area contributed by atoms with Crippen molar-refractivity contribution in [2.45, 2.75) is 25.6 Å². The normalized spacial score (nSPS) is 15.2. The lowest BCUT2D eigenvalue weighted by molar-refractivity contribution is 0.101. The molecule has 3 N–H and O–H groups in total. The summed E-state index contributed by atoms with van der Waals surface area (Å²) in [5, 5.41) is 3.45. The van der Waals surface area contributed by atoms with Crippen LogP contribution in [0.1, 0.15) is 34.3 Å². The molecule has 2 aromatic carbocycles. The molecule has 1 atom stereocenters. The Morgan fingerprint density at radius 1 is 1.12 bits per heavy atom. The molecule has 1 amide bonds. The van der Waals surface area contributed by atoms with Crippen molar-refractivity contribution in [1.29, 1.82) is 0 Å². The van der Waals surface area contributed by atoms with Crippen LogP contribution in [0.3, 0.4) is 0 Å². The lowest BCUT2D eigenvalue weighted by atomic mass is 10.2. The molecule has 5 aromatic rings. The summed E-state index contributed by atoms with van der Waals surface area (Å²) in [6.45, 7) is 1.01. The second-order valence-corrected chi connectivity index (χ2v) is 8.49. The van der Waals surface area contributed by atoms with E-state index in [4.69, 9.17) is 5.73 Å². The average molecular weight is 458 g/mol. The van der Waals surface area contributed by atoms with Crippen molar-refractivity contribution in [3.8, 4) is 0 Å².